The number of piperidine rings is 1. The SMILES string of the molecule is CCN1CCc2c(sc(NC(=O)C3CCCN(S(=O)(=O)c4ccc(F)cc4)C3)c2C(N)=O)C1. The number of primary amides is 1. The van der Waals surface area contributed by atoms with E-state index in [2.05, 4.69) is 17.1 Å². The van der Waals surface area contributed by atoms with E-state index in [0.717, 1.165) is 35.7 Å². The number of sulfonamides is 1. The van der Waals surface area contributed by atoms with E-state index < -0.39 is 27.7 Å². The number of amides is 2. The van der Waals surface area contributed by atoms with Crippen LogP contribution in [-0.2, 0) is 27.8 Å². The number of nitrogens with one attached hydrogen (secondary N) is 1. The summed E-state index contributed by atoms with van der Waals surface area (Å²) in [5, 5.41) is 3.30. The molecule has 0 radical (unpaired) electrons. The zero-order valence-corrected chi connectivity index (χ0v) is 20.0. The first-order valence-corrected chi connectivity index (χ1v) is 13.2. The van der Waals surface area contributed by atoms with Crippen LogP contribution in [0.15, 0.2) is 29.2 Å². The lowest BCUT2D eigenvalue weighted by Gasteiger charge is -2.31. The number of carbonyl (C=O) groups excluding carboxylic acids is 2. The van der Waals surface area contributed by atoms with Crippen LogP contribution in [0.5, 0.6) is 0 Å². The zero-order chi connectivity index (χ0) is 23.8. The number of hydrogen-bond acceptors (Lipinski definition) is 6. The van der Waals surface area contributed by atoms with Crippen LogP contribution in [0.25, 0.3) is 0 Å². The Balaban J connectivity index is 1.52. The highest BCUT2D eigenvalue weighted by molar-refractivity contribution is 7.89. The highest BCUT2D eigenvalue weighted by atomic mass is 32.2. The molecule has 1 atom stereocenters. The maximum Gasteiger partial charge on any atom is 0.251 e. The quantitative estimate of drug-likeness (QED) is 0.640. The third-order valence-electron chi connectivity index (χ3n) is 6.27. The normalized spacial score (nSPS) is 19.8. The molecule has 2 aliphatic rings. The maximum atomic E-state index is 13.2. The Labute approximate surface area is 196 Å². The lowest BCUT2D eigenvalue weighted by molar-refractivity contribution is -0.120. The Bertz CT molecular complexity index is 1160. The van der Waals surface area contributed by atoms with Gasteiger partial charge in [-0.15, -0.1) is 11.3 Å². The van der Waals surface area contributed by atoms with Gasteiger partial charge in [-0.2, -0.15) is 4.31 Å². The number of nitrogens with zero attached hydrogens (tertiary/aromatic N) is 2. The van der Waals surface area contributed by atoms with Crippen LogP contribution in [0.2, 0.25) is 0 Å². The van der Waals surface area contributed by atoms with Crippen molar-refractivity contribution in [2.45, 2.75) is 37.6 Å². The topological polar surface area (TPSA) is 113 Å². The summed E-state index contributed by atoms with van der Waals surface area (Å²) < 4.78 is 40.4. The highest BCUT2D eigenvalue weighted by Gasteiger charge is 2.34. The van der Waals surface area contributed by atoms with E-state index in [1.165, 1.54) is 27.8 Å². The molecular formula is C22H27FN4O4S2. The molecule has 178 valence electrons. The Hall–Kier alpha value is -2.34. The number of likely N-dealkylation sites (N-methyl/N-ethyl adjacent to an activating group) is 1. The Morgan fingerprint density at radius 3 is 2.64 bits per heavy atom. The first-order chi connectivity index (χ1) is 15.7. The van der Waals surface area contributed by atoms with E-state index in [4.69, 9.17) is 5.73 Å². The van der Waals surface area contributed by atoms with Crippen molar-refractivity contribution in [1.82, 2.24) is 9.21 Å². The molecule has 3 heterocycles. The smallest absolute Gasteiger partial charge is 0.251 e. The molecule has 0 saturated carbocycles. The van der Waals surface area contributed by atoms with Crippen LogP contribution >= 0.6 is 11.3 Å². The Morgan fingerprint density at radius 2 is 1.97 bits per heavy atom. The number of anilines is 1. The van der Waals surface area contributed by atoms with Crippen LogP contribution in [-0.4, -0.2) is 55.6 Å². The Kier molecular flexibility index (Phi) is 6.85. The van der Waals surface area contributed by atoms with Gasteiger partial charge in [0, 0.05) is 31.1 Å². The number of carbonyl (C=O) groups is 2. The van der Waals surface area contributed by atoms with E-state index in [1.54, 1.807) is 0 Å². The summed E-state index contributed by atoms with van der Waals surface area (Å²) in [4.78, 5) is 28.5. The monoisotopic (exact) mass is 494 g/mol. The molecule has 1 aromatic carbocycles. The van der Waals surface area contributed by atoms with Crippen molar-refractivity contribution >= 4 is 38.2 Å². The van der Waals surface area contributed by atoms with Crippen LogP contribution in [0, 0.1) is 11.7 Å². The van der Waals surface area contributed by atoms with E-state index in [9.17, 15) is 22.4 Å². The second-order valence-electron chi connectivity index (χ2n) is 8.34. The zero-order valence-electron chi connectivity index (χ0n) is 18.3. The Morgan fingerprint density at radius 1 is 1.24 bits per heavy atom. The lowest BCUT2D eigenvalue weighted by atomic mass is 9.98. The number of hydrogen-bond donors (Lipinski definition) is 2. The van der Waals surface area contributed by atoms with Gasteiger partial charge >= 0.3 is 0 Å². The molecule has 0 aliphatic carbocycles. The maximum absolute atomic E-state index is 13.2. The predicted molar refractivity (Wildman–Crippen MR) is 124 cm³/mol. The second kappa shape index (κ2) is 9.49. The number of nitrogens with two attached hydrogens (primary N) is 1. The van der Waals surface area contributed by atoms with Crippen LogP contribution < -0.4 is 11.1 Å². The van der Waals surface area contributed by atoms with Gasteiger partial charge in [0.15, 0.2) is 0 Å². The molecule has 2 amide bonds. The standard InChI is InChI=1S/C22H27FN4O4S2/c1-2-26-11-9-17-18(13-26)32-22(19(17)20(24)28)25-21(29)14-4-3-10-27(12-14)33(30,31)16-7-5-15(23)6-8-16/h5-8,14H,2-4,9-13H2,1H3,(H2,24,28)(H,25,29). The number of thiophene rings is 1. The second-order valence-corrected chi connectivity index (χ2v) is 11.4. The number of fused-ring (bicyclic) bond motifs is 1. The molecule has 4 rings (SSSR count). The van der Waals surface area contributed by atoms with E-state index in [1.807, 2.05) is 0 Å². The van der Waals surface area contributed by atoms with Gasteiger partial charge in [0.25, 0.3) is 5.91 Å². The van der Waals surface area contributed by atoms with Gasteiger partial charge in [0.2, 0.25) is 15.9 Å². The van der Waals surface area contributed by atoms with Gasteiger partial charge in [-0.25, -0.2) is 12.8 Å². The average Bonchev–Trinajstić information content (AvgIpc) is 3.16. The first kappa shape index (κ1) is 23.8. The van der Waals surface area contributed by atoms with Gasteiger partial charge in [-0.1, -0.05) is 6.92 Å². The molecular weight excluding hydrogens is 467 g/mol. The van der Waals surface area contributed by atoms with Crippen molar-refractivity contribution in [3.8, 4) is 0 Å². The summed E-state index contributed by atoms with van der Waals surface area (Å²) in [7, 11) is -3.84. The summed E-state index contributed by atoms with van der Waals surface area (Å²) in [5.74, 6) is -1.99. The van der Waals surface area contributed by atoms with Gasteiger partial charge in [0.05, 0.1) is 16.4 Å². The van der Waals surface area contributed by atoms with Crippen molar-refractivity contribution in [2.75, 3.05) is 31.5 Å². The van der Waals surface area contributed by atoms with Crippen molar-refractivity contribution in [3.05, 3.63) is 46.1 Å². The molecule has 11 heteroatoms. The van der Waals surface area contributed by atoms with E-state index in [-0.39, 0.29) is 23.9 Å². The molecule has 1 fully saturated rings. The summed E-state index contributed by atoms with van der Waals surface area (Å²) in [6.45, 7) is 4.81. The van der Waals surface area contributed by atoms with Crippen LogP contribution in [0.3, 0.4) is 0 Å². The largest absolute Gasteiger partial charge is 0.365 e. The molecule has 1 saturated heterocycles. The molecule has 3 N–H and O–H groups in total. The summed E-state index contributed by atoms with van der Waals surface area (Å²) >= 11 is 1.36. The summed E-state index contributed by atoms with van der Waals surface area (Å²) in [6, 6.07) is 4.65. The molecule has 2 aliphatic heterocycles. The molecule has 8 nitrogen and oxygen atoms in total. The molecule has 2 aromatic rings. The summed E-state index contributed by atoms with van der Waals surface area (Å²) in [6.07, 6.45) is 1.75. The minimum Gasteiger partial charge on any atom is -0.365 e. The third kappa shape index (κ3) is 4.81. The first-order valence-electron chi connectivity index (χ1n) is 10.9. The fourth-order valence-electron chi connectivity index (χ4n) is 4.42. The van der Waals surface area contributed by atoms with E-state index >= 15 is 0 Å². The van der Waals surface area contributed by atoms with Crippen molar-refractivity contribution < 1.29 is 22.4 Å². The molecule has 1 unspecified atom stereocenters. The van der Waals surface area contributed by atoms with Crippen molar-refractivity contribution in [2.24, 2.45) is 11.7 Å². The minimum absolute atomic E-state index is 0.00705. The number of benzene rings is 1. The highest BCUT2D eigenvalue weighted by Crippen LogP contribution is 2.37. The van der Waals surface area contributed by atoms with Gasteiger partial charge in [-0.3, -0.25) is 14.5 Å². The van der Waals surface area contributed by atoms with E-state index in [0.29, 0.717) is 36.4 Å². The average molecular weight is 495 g/mol. The van der Waals surface area contributed by atoms with Gasteiger partial charge in [-0.05, 0) is 55.6 Å². The number of halogens is 1. The lowest BCUT2D eigenvalue weighted by Crippen LogP contribution is -2.43. The molecule has 1 aromatic heterocycles. The third-order valence-corrected chi connectivity index (χ3v) is 9.28. The van der Waals surface area contributed by atoms with Gasteiger partial charge < -0.3 is 11.1 Å². The van der Waals surface area contributed by atoms with Crippen molar-refractivity contribution in [1.29, 1.82) is 0 Å². The minimum atomic E-state index is -3.84. The molecule has 0 bridgehead atoms. The summed E-state index contributed by atoms with van der Waals surface area (Å²) in [5.41, 5.74) is 6.91. The van der Waals surface area contributed by atoms with Crippen LogP contribution in [0.1, 0.15) is 40.6 Å². The fraction of sp³-hybridized carbons (Fsp3) is 0.455. The van der Waals surface area contributed by atoms with Crippen molar-refractivity contribution in [3.63, 3.8) is 0 Å². The molecule has 0 spiro atoms. The molecule has 33 heavy (non-hydrogen) atoms. The fourth-order valence-corrected chi connectivity index (χ4v) is 7.24. The predicted octanol–water partition coefficient (Wildman–Crippen LogP) is 2.40. The van der Waals surface area contributed by atoms with Gasteiger partial charge in [0.1, 0.15) is 10.8 Å². The van der Waals surface area contributed by atoms with Crippen LogP contribution in [0.4, 0.5) is 9.39 Å². The number of rotatable bonds is 6.